The number of aliphatic hydroxyl groups excluding tert-OH is 2. The molecular formula is C85H152N26O21. The van der Waals surface area contributed by atoms with Crippen LogP contribution in [0.3, 0.4) is 0 Å². The number of carboxylic acids is 2. The van der Waals surface area contributed by atoms with Gasteiger partial charge in [0.15, 0.2) is 17.9 Å². The number of aliphatic carboxylic acids is 2. The number of guanidine groups is 3. The molecule has 132 heavy (non-hydrogen) atoms. The monoisotopic (exact) mass is 1870 g/mol. The van der Waals surface area contributed by atoms with Crippen molar-refractivity contribution >= 4 is 118 Å². The van der Waals surface area contributed by atoms with E-state index in [2.05, 4.69) is 85.1 Å². The fourth-order valence-electron chi connectivity index (χ4n) is 15.7. The third-order valence-corrected chi connectivity index (χ3v) is 24.0. The number of carbonyl (C=O) groups is 17. The molecule has 748 valence electrons. The zero-order valence-electron chi connectivity index (χ0n) is 78.7. The number of nitrogens with two attached hydrogens (primary N) is 5. The summed E-state index contributed by atoms with van der Waals surface area (Å²) >= 11 is 0. The van der Waals surface area contributed by atoms with Crippen LogP contribution >= 0.6 is 0 Å². The molecule has 20 atom stereocenters. The number of amides is 15. The van der Waals surface area contributed by atoms with Gasteiger partial charge < -0.3 is 144 Å². The molecule has 0 bridgehead atoms. The summed E-state index contributed by atoms with van der Waals surface area (Å²) in [5, 5.41) is 106. The number of likely N-dealkylation sites (tertiary alicyclic amines) is 2. The largest absolute Gasteiger partial charge is 0.481 e. The molecule has 0 aromatic heterocycles. The minimum Gasteiger partial charge on any atom is -0.481 e. The molecule has 0 radical (unpaired) electrons. The van der Waals surface area contributed by atoms with Gasteiger partial charge in [-0.1, -0.05) is 93.9 Å². The van der Waals surface area contributed by atoms with Crippen molar-refractivity contribution in [3.63, 3.8) is 0 Å². The number of hydrogen-bond donors (Lipinski definition) is 28. The Bertz CT molecular complexity index is 3930. The topological polar surface area (TPSA) is 772 Å². The van der Waals surface area contributed by atoms with E-state index in [9.17, 15) is 77.6 Å². The molecule has 2 aliphatic heterocycles. The molecule has 3 fully saturated rings. The van der Waals surface area contributed by atoms with Gasteiger partial charge in [-0.05, 0) is 173 Å². The molecule has 2 saturated heterocycles. The zero-order chi connectivity index (χ0) is 99.7. The Hall–Kier alpha value is -11.4. The first-order valence-corrected chi connectivity index (χ1v) is 45.9. The fraction of sp³-hybridized carbons (Fsp3) is 0.765. The van der Waals surface area contributed by atoms with Gasteiger partial charge in [0.1, 0.15) is 90.1 Å². The molecule has 1 saturated carbocycles. The average Bonchev–Trinajstić information content (AvgIpc) is 1.19. The van der Waals surface area contributed by atoms with Crippen molar-refractivity contribution in [3.05, 3.63) is 0 Å². The van der Waals surface area contributed by atoms with Crippen molar-refractivity contribution in [2.75, 3.05) is 45.9 Å². The van der Waals surface area contributed by atoms with Crippen LogP contribution in [0.2, 0.25) is 0 Å². The van der Waals surface area contributed by atoms with Gasteiger partial charge in [0.05, 0.1) is 18.8 Å². The standard InChI is InChI=1S/C85H152N26O21/c1-14-45(6)63(79(129)111-37-22-29-61(111)75(125)101-55(80(130)131)26-18-19-33-86)106-71(121)58(40-52-24-16-15-17-25-52)105-81(132)85(13,32-23-35-95-83(90)91)109-73(123)57(39-44(4)5)103-76(126)64(47(8)46(7)41-96-84(92)93)107-72(122)59(42-112)104-77(127)65(51(12)113)108-68(118)50(11)98-70(120)56(38-43(2)3)102-67(117)49(10)99-74(124)60-28-21-36-110(60)78(128)54(27-20-34-94-82(88)89)100-66(116)48(9)97-69(119)53(87)30-31-62(114)115/h43-61,63-65,112-113H,14-42,86-87H2,1-13H3,(H,97,119)(H,98,120)(H,99,124)(H,100,116)(H,101,125)(H,102,117)(H,103,126)(H,104,127)(H,105,132)(H,106,121)(H,107,122)(H,108,118)(H,109,123)(H,114,115)(H,130,131)(H4,88,89,94)(H4,90,91,95)(H4,92,93,96)/t45-,46+,47-,48-,49-,50-,51?,53?,54-,55?,56-,57-,58?,59-,60-,61-,63-,64?,65-,85?/m0/s1. The maximum atomic E-state index is 15.4. The summed E-state index contributed by atoms with van der Waals surface area (Å²) in [6, 6.07) is -21.2. The number of rotatable bonds is 58. The maximum Gasteiger partial charge on any atom is 0.326 e. The number of nitrogens with zero attached hydrogens (tertiary/aromatic N) is 2. The highest BCUT2D eigenvalue weighted by Gasteiger charge is 2.46. The smallest absolute Gasteiger partial charge is 0.326 e. The van der Waals surface area contributed by atoms with Crippen LogP contribution in [-0.4, -0.2) is 297 Å². The van der Waals surface area contributed by atoms with Crippen molar-refractivity contribution in [2.45, 2.75) is 334 Å². The van der Waals surface area contributed by atoms with Gasteiger partial charge in [-0.2, -0.15) is 0 Å². The minimum absolute atomic E-state index is 0.0221. The number of carbonyl (C=O) groups excluding carboxylic acids is 15. The molecule has 47 heteroatoms. The van der Waals surface area contributed by atoms with Crippen molar-refractivity contribution in [1.29, 1.82) is 16.2 Å². The molecule has 33 N–H and O–H groups in total. The maximum absolute atomic E-state index is 15.4. The first-order chi connectivity index (χ1) is 61.9. The molecule has 2 heterocycles. The SMILES string of the molecule is CC[C@H](C)[C@H](NC(=O)C(CC1CCCCC1)NC(=O)C(C)(CCCNC(=N)N)NC(=O)[C@H](CC(C)C)NC(=O)C(NC(=O)[C@H](CO)NC(=O)[C@@H](NC(=O)[C@H](C)NC(=O)[C@H](CC(C)C)NC(=O)[C@H](C)NC(=O)[C@@H]1CCCN1C(=O)[C@H](CCCNC(=N)N)NC(=O)[C@H](C)NC(=O)C(N)CCC(=O)O)C(C)O)[C@@H](C)[C@H](C)CNC(=N)N)C(=O)N1CCC[C@H]1C(=O)NC(CCCCN)C(=O)O. The van der Waals surface area contributed by atoms with E-state index in [1.807, 2.05) is 6.92 Å². The number of carboxylic acid groups (broad SMARTS) is 2. The van der Waals surface area contributed by atoms with E-state index in [1.54, 1.807) is 48.5 Å². The average molecular weight is 1870 g/mol. The number of aliphatic hydroxyl groups is 2. The lowest BCUT2D eigenvalue weighted by molar-refractivity contribution is -0.145. The van der Waals surface area contributed by atoms with Gasteiger partial charge in [0.2, 0.25) is 88.6 Å². The molecule has 3 aliphatic rings. The second kappa shape index (κ2) is 57.2. The third kappa shape index (κ3) is 38.8. The predicted molar refractivity (Wildman–Crippen MR) is 486 cm³/mol. The summed E-state index contributed by atoms with van der Waals surface area (Å²) in [7, 11) is 0. The molecule has 0 aromatic carbocycles. The van der Waals surface area contributed by atoms with E-state index in [1.165, 1.54) is 37.5 Å². The molecule has 3 rings (SSSR count). The van der Waals surface area contributed by atoms with Crippen LogP contribution in [0.1, 0.15) is 231 Å². The third-order valence-electron chi connectivity index (χ3n) is 24.0. The number of hydrogen-bond acceptors (Lipinski definition) is 24. The van der Waals surface area contributed by atoms with Gasteiger partial charge in [-0.3, -0.25) is 92.9 Å². The quantitative estimate of drug-likeness (QED) is 0.0154. The van der Waals surface area contributed by atoms with Crippen LogP contribution in [0.25, 0.3) is 0 Å². The molecule has 0 spiro atoms. The van der Waals surface area contributed by atoms with Crippen molar-refractivity contribution < 1.29 is 102 Å². The van der Waals surface area contributed by atoms with E-state index in [-0.39, 0.29) is 127 Å². The lowest BCUT2D eigenvalue weighted by atomic mass is 9.84. The van der Waals surface area contributed by atoms with E-state index < -0.39 is 246 Å². The van der Waals surface area contributed by atoms with Gasteiger partial charge >= 0.3 is 11.9 Å². The van der Waals surface area contributed by atoms with E-state index in [0.717, 1.165) is 26.2 Å². The highest BCUT2D eigenvalue weighted by molar-refractivity contribution is 6.02. The van der Waals surface area contributed by atoms with Gasteiger partial charge in [-0.15, -0.1) is 0 Å². The van der Waals surface area contributed by atoms with Crippen LogP contribution in [0.15, 0.2) is 0 Å². The molecule has 6 unspecified atom stereocenters. The summed E-state index contributed by atoms with van der Waals surface area (Å²) in [6.45, 7) is 19.4. The van der Waals surface area contributed by atoms with Crippen molar-refractivity contribution in [1.82, 2.24) is 94.9 Å². The Balaban J connectivity index is 1.91. The molecule has 47 nitrogen and oxygen atoms in total. The number of nitrogens with one attached hydrogen (secondary N) is 19. The van der Waals surface area contributed by atoms with Crippen LogP contribution in [0.5, 0.6) is 0 Å². The summed E-state index contributed by atoms with van der Waals surface area (Å²) in [4.78, 5) is 241. The summed E-state index contributed by atoms with van der Waals surface area (Å²) in [5.41, 5.74) is 26.3. The van der Waals surface area contributed by atoms with Gasteiger partial charge in [-0.25, -0.2) is 4.79 Å². The zero-order valence-corrected chi connectivity index (χ0v) is 78.7. The lowest BCUT2D eigenvalue weighted by Gasteiger charge is -2.36. The summed E-state index contributed by atoms with van der Waals surface area (Å²) < 4.78 is 0. The molecule has 1 aliphatic carbocycles. The van der Waals surface area contributed by atoms with E-state index in [4.69, 9.17) is 50.0 Å². The van der Waals surface area contributed by atoms with Crippen molar-refractivity contribution in [3.8, 4) is 0 Å². The highest BCUT2D eigenvalue weighted by Crippen LogP contribution is 2.30. The Morgan fingerprint density at radius 1 is 0.455 bits per heavy atom. The molecule has 0 aromatic rings. The second-order valence-corrected chi connectivity index (χ2v) is 36.2. The van der Waals surface area contributed by atoms with Crippen LogP contribution in [0.4, 0.5) is 0 Å². The summed E-state index contributed by atoms with van der Waals surface area (Å²) in [5.74, 6) is -19.8. The predicted octanol–water partition coefficient (Wildman–Crippen LogP) is -5.11. The molecular weight excluding hydrogens is 1720 g/mol. The number of unbranched alkanes of at least 4 members (excludes halogenated alkanes) is 1. The molecule has 15 amide bonds. The lowest BCUT2D eigenvalue weighted by Crippen LogP contribution is -2.65. The fourth-order valence-corrected chi connectivity index (χ4v) is 15.7. The Labute approximate surface area is 771 Å². The minimum atomic E-state index is -1.95. The Morgan fingerprint density at radius 2 is 0.917 bits per heavy atom. The van der Waals surface area contributed by atoms with Gasteiger partial charge in [0.25, 0.3) is 0 Å². The Kier molecular flexibility index (Phi) is 49.7. The first kappa shape index (κ1) is 115. The normalized spacial score (nSPS) is 18.8. The van der Waals surface area contributed by atoms with Crippen molar-refractivity contribution in [2.24, 2.45) is 64.2 Å². The van der Waals surface area contributed by atoms with Crippen LogP contribution < -0.4 is 114 Å². The highest BCUT2D eigenvalue weighted by atomic mass is 16.4. The van der Waals surface area contributed by atoms with E-state index in [0.29, 0.717) is 51.5 Å². The Morgan fingerprint density at radius 3 is 1.44 bits per heavy atom. The van der Waals surface area contributed by atoms with Crippen LogP contribution in [0, 0.1) is 51.7 Å². The van der Waals surface area contributed by atoms with Crippen LogP contribution in [-0.2, 0) is 81.5 Å². The summed E-state index contributed by atoms with van der Waals surface area (Å²) in [6.07, 6.45) is 4.12. The first-order valence-electron chi connectivity index (χ1n) is 45.9. The van der Waals surface area contributed by atoms with Gasteiger partial charge in [0, 0.05) is 39.1 Å². The second-order valence-electron chi connectivity index (χ2n) is 36.2. The van der Waals surface area contributed by atoms with E-state index >= 15 is 19.2 Å².